The summed E-state index contributed by atoms with van der Waals surface area (Å²) in [5.41, 5.74) is 2.14. The van der Waals surface area contributed by atoms with Crippen LogP contribution >= 0.6 is 11.8 Å². The molecule has 10 heteroatoms. The number of hydrogen-bond acceptors (Lipinski definition) is 7. The van der Waals surface area contributed by atoms with Crippen molar-refractivity contribution in [3.63, 3.8) is 0 Å². The van der Waals surface area contributed by atoms with Gasteiger partial charge in [-0.1, -0.05) is 42.1 Å². The number of anilines is 2. The molecule has 2 N–H and O–H groups in total. The van der Waals surface area contributed by atoms with Crippen LogP contribution in [-0.2, 0) is 9.59 Å². The van der Waals surface area contributed by atoms with Crippen LogP contribution in [0.5, 0.6) is 11.5 Å². The second-order valence-corrected chi connectivity index (χ2v) is 8.96. The van der Waals surface area contributed by atoms with Gasteiger partial charge in [-0.3, -0.25) is 14.2 Å². The predicted molar refractivity (Wildman–Crippen MR) is 143 cm³/mol. The van der Waals surface area contributed by atoms with Crippen molar-refractivity contribution in [1.82, 2.24) is 14.8 Å². The largest absolute Gasteiger partial charge is 0.493 e. The summed E-state index contributed by atoms with van der Waals surface area (Å²) < 4.78 is 13.5. The zero-order valence-corrected chi connectivity index (χ0v) is 21.5. The first kappa shape index (κ1) is 25.8. The maximum atomic E-state index is 12.7. The van der Waals surface area contributed by atoms with Crippen molar-refractivity contribution in [3.8, 4) is 17.2 Å². The number of carbonyl (C=O) groups excluding carboxylic acids is 2. The Kier molecular flexibility index (Phi) is 8.42. The Balaban J connectivity index is 1.49. The maximum absolute atomic E-state index is 12.7. The van der Waals surface area contributed by atoms with Crippen LogP contribution in [0, 0.1) is 0 Å². The Bertz CT molecular complexity index is 1360. The number of nitrogens with zero attached hydrogens (tertiary/aromatic N) is 3. The van der Waals surface area contributed by atoms with Crippen molar-refractivity contribution in [2.75, 3.05) is 23.5 Å². The first-order valence-corrected chi connectivity index (χ1v) is 12.5. The molecule has 1 heterocycles. The number of ether oxygens (including phenoxy) is 2. The second-order valence-electron chi connectivity index (χ2n) is 8.02. The van der Waals surface area contributed by atoms with Crippen LogP contribution in [0.4, 0.5) is 11.4 Å². The lowest BCUT2D eigenvalue weighted by atomic mass is 10.3. The van der Waals surface area contributed by atoms with E-state index in [4.69, 9.17) is 9.47 Å². The van der Waals surface area contributed by atoms with E-state index in [0.29, 0.717) is 33.9 Å². The lowest BCUT2D eigenvalue weighted by Crippen LogP contribution is -2.15. The van der Waals surface area contributed by atoms with Crippen LogP contribution in [0.1, 0.15) is 25.8 Å². The Labute approximate surface area is 219 Å². The van der Waals surface area contributed by atoms with Gasteiger partial charge < -0.3 is 20.1 Å². The van der Waals surface area contributed by atoms with E-state index in [1.54, 1.807) is 31.4 Å². The maximum Gasteiger partial charge on any atom is 0.234 e. The normalized spacial score (nSPS) is 11.4. The summed E-state index contributed by atoms with van der Waals surface area (Å²) in [6.45, 7) is 3.33. The minimum atomic E-state index is -0.450. The molecule has 1 unspecified atom stereocenters. The number of hydrogen-bond donors (Lipinski definition) is 2. The van der Waals surface area contributed by atoms with Gasteiger partial charge in [-0.05, 0) is 55.5 Å². The van der Waals surface area contributed by atoms with Crippen molar-refractivity contribution in [1.29, 1.82) is 0 Å². The monoisotopic (exact) mass is 517 g/mol. The van der Waals surface area contributed by atoms with E-state index in [-0.39, 0.29) is 17.6 Å². The number of nitrogens with one attached hydrogen (secondary N) is 2. The third-order valence-electron chi connectivity index (χ3n) is 5.23. The number of amides is 2. The first-order valence-electron chi connectivity index (χ1n) is 11.6. The van der Waals surface area contributed by atoms with Crippen LogP contribution in [-0.4, -0.2) is 39.4 Å². The molecule has 1 aromatic heterocycles. The van der Waals surface area contributed by atoms with Gasteiger partial charge in [0.05, 0.1) is 12.9 Å². The summed E-state index contributed by atoms with van der Waals surface area (Å²) in [7, 11) is 1.59. The molecule has 1 atom stereocenters. The zero-order valence-electron chi connectivity index (χ0n) is 20.7. The molecule has 0 spiro atoms. The van der Waals surface area contributed by atoms with Crippen molar-refractivity contribution >= 4 is 35.0 Å². The Morgan fingerprint density at radius 1 is 0.892 bits per heavy atom. The second kappa shape index (κ2) is 12.1. The molecule has 0 saturated heterocycles. The number of benzene rings is 3. The summed E-state index contributed by atoms with van der Waals surface area (Å²) in [5.74, 6) is 1.58. The molecule has 9 nitrogen and oxygen atoms in total. The van der Waals surface area contributed by atoms with E-state index in [9.17, 15) is 9.59 Å². The molecule has 3 aromatic carbocycles. The number of aromatic nitrogens is 3. The van der Waals surface area contributed by atoms with Gasteiger partial charge in [0.1, 0.15) is 0 Å². The fourth-order valence-electron chi connectivity index (χ4n) is 3.58. The molecular formula is C27H27N5O4S. The molecule has 0 bridgehead atoms. The molecule has 0 aliphatic heterocycles. The SMILES string of the molecule is COc1ccccc1OC(C)c1nnc(SCC(=O)Nc2ccc(NC(C)=O)cc2)n1-c1ccccc1. The molecule has 4 rings (SSSR count). The van der Waals surface area contributed by atoms with Crippen molar-refractivity contribution in [2.45, 2.75) is 25.1 Å². The number of para-hydroxylation sites is 3. The van der Waals surface area contributed by atoms with Crippen molar-refractivity contribution < 1.29 is 19.1 Å². The lowest BCUT2D eigenvalue weighted by molar-refractivity contribution is -0.114. The zero-order chi connectivity index (χ0) is 26.2. The van der Waals surface area contributed by atoms with E-state index in [1.807, 2.05) is 66.1 Å². The number of thioether (sulfide) groups is 1. The van der Waals surface area contributed by atoms with Gasteiger partial charge in [0, 0.05) is 24.0 Å². The highest BCUT2D eigenvalue weighted by Crippen LogP contribution is 2.32. The third-order valence-corrected chi connectivity index (χ3v) is 6.16. The average Bonchev–Trinajstić information content (AvgIpc) is 3.33. The highest BCUT2D eigenvalue weighted by molar-refractivity contribution is 7.99. The summed E-state index contributed by atoms with van der Waals surface area (Å²) in [4.78, 5) is 23.8. The van der Waals surface area contributed by atoms with Gasteiger partial charge in [0.25, 0.3) is 0 Å². The fourth-order valence-corrected chi connectivity index (χ4v) is 4.34. The number of carbonyl (C=O) groups is 2. The number of rotatable bonds is 10. The summed E-state index contributed by atoms with van der Waals surface area (Å²) in [5, 5.41) is 14.9. The Morgan fingerprint density at radius 3 is 2.16 bits per heavy atom. The van der Waals surface area contributed by atoms with Crippen LogP contribution in [0.2, 0.25) is 0 Å². The van der Waals surface area contributed by atoms with Gasteiger partial charge in [-0.2, -0.15) is 0 Å². The van der Waals surface area contributed by atoms with Gasteiger partial charge in [-0.15, -0.1) is 10.2 Å². The summed E-state index contributed by atoms with van der Waals surface area (Å²) in [6.07, 6.45) is -0.450. The van der Waals surface area contributed by atoms with Gasteiger partial charge >= 0.3 is 0 Å². The molecule has 0 radical (unpaired) electrons. The average molecular weight is 518 g/mol. The molecule has 0 saturated carbocycles. The Hall–Kier alpha value is -4.31. The van der Waals surface area contributed by atoms with Crippen LogP contribution in [0.3, 0.4) is 0 Å². The predicted octanol–water partition coefficient (Wildman–Crippen LogP) is 5.11. The van der Waals surface area contributed by atoms with Gasteiger partial charge in [0.2, 0.25) is 11.8 Å². The van der Waals surface area contributed by atoms with Gasteiger partial charge in [-0.25, -0.2) is 0 Å². The van der Waals surface area contributed by atoms with E-state index >= 15 is 0 Å². The highest BCUT2D eigenvalue weighted by atomic mass is 32.2. The quantitative estimate of drug-likeness (QED) is 0.282. The first-order chi connectivity index (χ1) is 17.9. The molecule has 2 amide bonds. The Morgan fingerprint density at radius 2 is 1.51 bits per heavy atom. The van der Waals surface area contributed by atoms with E-state index in [0.717, 1.165) is 5.69 Å². The van der Waals surface area contributed by atoms with E-state index < -0.39 is 6.10 Å². The highest BCUT2D eigenvalue weighted by Gasteiger charge is 2.22. The van der Waals surface area contributed by atoms with E-state index in [2.05, 4.69) is 20.8 Å². The molecule has 0 fully saturated rings. The standard InChI is InChI=1S/C27H27N5O4S/c1-18(36-24-12-8-7-11-23(24)35-3)26-30-31-27(32(26)22-9-5-4-6-10-22)37-17-25(34)29-21-15-13-20(14-16-21)28-19(2)33/h4-16,18H,17H2,1-3H3,(H,28,33)(H,29,34). The molecule has 4 aromatic rings. The van der Waals surface area contributed by atoms with Crippen LogP contribution in [0.15, 0.2) is 84.0 Å². The van der Waals surface area contributed by atoms with Crippen molar-refractivity contribution in [3.05, 3.63) is 84.7 Å². The van der Waals surface area contributed by atoms with Crippen LogP contribution in [0.25, 0.3) is 5.69 Å². The number of methoxy groups -OCH3 is 1. The topological polar surface area (TPSA) is 107 Å². The van der Waals surface area contributed by atoms with Crippen molar-refractivity contribution in [2.24, 2.45) is 0 Å². The van der Waals surface area contributed by atoms with Gasteiger partial charge in [0.15, 0.2) is 28.6 Å². The minimum absolute atomic E-state index is 0.125. The molecule has 0 aliphatic rings. The lowest BCUT2D eigenvalue weighted by Gasteiger charge is -2.18. The third kappa shape index (κ3) is 6.68. The minimum Gasteiger partial charge on any atom is -0.493 e. The smallest absolute Gasteiger partial charge is 0.234 e. The molecule has 190 valence electrons. The van der Waals surface area contributed by atoms with Crippen LogP contribution < -0.4 is 20.1 Å². The fraction of sp³-hybridized carbons (Fsp3) is 0.185. The van der Waals surface area contributed by atoms with E-state index in [1.165, 1.54) is 18.7 Å². The molecule has 0 aliphatic carbocycles. The summed E-state index contributed by atoms with van der Waals surface area (Å²) in [6, 6.07) is 24.0. The summed E-state index contributed by atoms with van der Waals surface area (Å²) >= 11 is 1.27. The molecule has 37 heavy (non-hydrogen) atoms. The molecular weight excluding hydrogens is 490 g/mol.